The molecule has 0 aromatic heterocycles. The van der Waals surface area contributed by atoms with Crippen LogP contribution in [-0.2, 0) is 29.6 Å². The van der Waals surface area contributed by atoms with Crippen LogP contribution < -0.4 is 0 Å². The first kappa shape index (κ1) is 12.0. The molecule has 0 aliphatic carbocycles. The van der Waals surface area contributed by atoms with Gasteiger partial charge in [-0.2, -0.15) is 21.6 Å². The van der Waals surface area contributed by atoms with Crippen molar-refractivity contribution in [2.45, 2.75) is 5.51 Å². The van der Waals surface area contributed by atoms with E-state index in [0.717, 1.165) is 0 Å². The average Bonchev–Trinajstić information content (AvgIpc) is 1.25. The van der Waals surface area contributed by atoms with Gasteiger partial charge in [0.05, 0.1) is 0 Å². The third kappa shape index (κ3) is 3.83. The van der Waals surface area contributed by atoms with Crippen molar-refractivity contribution in [1.82, 2.24) is 0 Å². The topological polar surface area (TPSA) is 54.4 Å². The van der Waals surface area contributed by atoms with Gasteiger partial charge in [-0.1, -0.05) is 0 Å². The van der Waals surface area contributed by atoms with Crippen molar-refractivity contribution in [3.05, 3.63) is 0 Å². The van der Waals surface area contributed by atoms with Crippen molar-refractivity contribution in [3.63, 3.8) is 0 Å². The van der Waals surface area contributed by atoms with Crippen molar-refractivity contribution in [3.8, 4) is 0 Å². The molecule has 8 heteroatoms. The van der Waals surface area contributed by atoms with Gasteiger partial charge in [0.25, 0.3) is 0 Å². The summed E-state index contributed by atoms with van der Waals surface area (Å²) >= 11 is 0. The van der Waals surface area contributed by atoms with Crippen molar-refractivity contribution >= 4 is 10.1 Å². The summed E-state index contributed by atoms with van der Waals surface area (Å²) in [5.41, 5.74) is -5.53. The monoisotopic (exact) mass is 252 g/mol. The smallest absolute Gasteiger partial charge is 0.279 e. The summed E-state index contributed by atoms with van der Waals surface area (Å²) in [5.74, 6) is 0. The quantitative estimate of drug-likeness (QED) is 0.385. The Hall–Kier alpha value is 0.323. The molecule has 0 bridgehead atoms. The van der Waals surface area contributed by atoms with Crippen molar-refractivity contribution < 1.29 is 45.6 Å². The van der Waals surface area contributed by atoms with Crippen LogP contribution in [0.1, 0.15) is 0 Å². The number of hydrogen-bond donors (Lipinski definition) is 1. The van der Waals surface area contributed by atoms with Crippen LogP contribution in [0.2, 0.25) is 0 Å². The van der Waals surface area contributed by atoms with Crippen molar-refractivity contribution in [2.24, 2.45) is 0 Å². The third-order valence-corrected chi connectivity index (χ3v) is 0.877. The molecule has 0 atom stereocenters. The van der Waals surface area contributed by atoms with Gasteiger partial charge in [-0.3, -0.25) is 4.55 Å². The molecule has 3 nitrogen and oxygen atoms in total. The van der Waals surface area contributed by atoms with E-state index >= 15 is 0 Å². The summed E-state index contributed by atoms with van der Waals surface area (Å²) in [4.78, 5) is 0. The second kappa shape index (κ2) is 2.94. The number of rotatable bonds is 0. The zero-order valence-corrected chi connectivity index (χ0v) is 6.21. The number of alkyl halides is 3. The van der Waals surface area contributed by atoms with E-state index in [-0.39, 0.29) is 19.5 Å². The largest absolute Gasteiger partial charge is 0.522 e. The minimum Gasteiger partial charge on any atom is -0.279 e. The van der Waals surface area contributed by atoms with Crippen molar-refractivity contribution in [2.75, 3.05) is 0 Å². The molecule has 0 rings (SSSR count). The molecule has 0 aliphatic heterocycles. The van der Waals surface area contributed by atoms with Gasteiger partial charge in [0.1, 0.15) is 0 Å². The molecule has 9 heavy (non-hydrogen) atoms. The van der Waals surface area contributed by atoms with Crippen molar-refractivity contribution in [1.29, 1.82) is 0 Å². The van der Waals surface area contributed by atoms with E-state index in [9.17, 15) is 13.2 Å². The van der Waals surface area contributed by atoms with Gasteiger partial charge < -0.3 is 0 Å². The van der Waals surface area contributed by atoms with Gasteiger partial charge in [0.15, 0.2) is 0 Å². The Morgan fingerprint density at radius 3 is 1.33 bits per heavy atom. The molecule has 0 saturated heterocycles. The van der Waals surface area contributed by atoms with Crippen LogP contribution in [-0.4, -0.2) is 18.5 Å². The van der Waals surface area contributed by atoms with E-state index in [4.69, 9.17) is 13.0 Å². The van der Waals surface area contributed by atoms with Gasteiger partial charge in [0, 0.05) is 19.5 Å². The Bertz CT molecular complexity index is 168. The van der Waals surface area contributed by atoms with Gasteiger partial charge >= 0.3 is 15.6 Å². The molecule has 0 amide bonds. The second-order valence-electron chi connectivity index (χ2n) is 0.921. The third-order valence-electron chi connectivity index (χ3n) is 0.292. The molecule has 0 aromatic carbocycles. The molecule has 0 aliphatic rings. The van der Waals surface area contributed by atoms with Gasteiger partial charge in [-0.25, -0.2) is 0 Å². The fourth-order valence-electron chi connectivity index (χ4n) is 0. The van der Waals surface area contributed by atoms with E-state index in [1.54, 1.807) is 0 Å². The maximum absolute atomic E-state index is 10.7. The van der Waals surface area contributed by atoms with Crippen LogP contribution >= 0.6 is 0 Å². The molecule has 0 unspecified atom stereocenters. The van der Waals surface area contributed by atoms with E-state index in [1.807, 2.05) is 0 Å². The predicted molar refractivity (Wildman–Crippen MR) is 17.6 cm³/mol. The molecule has 0 heterocycles. The van der Waals surface area contributed by atoms with E-state index in [0.29, 0.717) is 0 Å². The summed E-state index contributed by atoms with van der Waals surface area (Å²) in [6, 6.07) is 0. The first-order chi connectivity index (χ1) is 3.25. The Labute approximate surface area is 61.7 Å². The predicted octanol–water partition coefficient (Wildman–Crippen LogP) is 0.392. The molecule has 0 fully saturated rings. The van der Waals surface area contributed by atoms with Crippen LogP contribution in [0.25, 0.3) is 0 Å². The Morgan fingerprint density at radius 1 is 1.22 bits per heavy atom. The van der Waals surface area contributed by atoms with Crippen LogP contribution in [0.4, 0.5) is 13.2 Å². The summed E-state index contributed by atoms with van der Waals surface area (Å²) in [5, 5.41) is 0. The van der Waals surface area contributed by atoms with Crippen LogP contribution in [0, 0.1) is 0 Å². The molecule has 0 saturated carbocycles. The summed E-state index contributed by atoms with van der Waals surface area (Å²) in [7, 11) is -5.84. The standard InChI is InChI=1S/CHF3O3S.Ru/c2-1(3,4)8(5,6)7;/h(H,5,6,7);. The molecule has 0 aromatic rings. The number of hydrogen-bond acceptors (Lipinski definition) is 2. The first-order valence-corrected chi connectivity index (χ1v) is 2.73. The first-order valence-electron chi connectivity index (χ1n) is 1.29. The second-order valence-corrected chi connectivity index (χ2v) is 2.33. The molecular weight excluding hydrogens is 250 g/mol. The number of halogens is 3. The zero-order valence-electron chi connectivity index (χ0n) is 3.66. The normalized spacial score (nSPS) is 12.4. The Morgan fingerprint density at radius 2 is 1.33 bits per heavy atom. The van der Waals surface area contributed by atoms with Crippen LogP contribution in [0.3, 0.4) is 0 Å². The Kier molecular flexibility index (Phi) is 3.93. The van der Waals surface area contributed by atoms with Gasteiger partial charge in [-0.05, 0) is 0 Å². The van der Waals surface area contributed by atoms with Crippen LogP contribution in [0.15, 0.2) is 0 Å². The fourth-order valence-corrected chi connectivity index (χ4v) is 0. The molecule has 1 N–H and O–H groups in total. The van der Waals surface area contributed by atoms with Gasteiger partial charge in [0.2, 0.25) is 0 Å². The summed E-state index contributed by atoms with van der Waals surface area (Å²) in [6.45, 7) is 0. The zero-order chi connectivity index (χ0) is 7.00. The molecule has 0 radical (unpaired) electrons. The fraction of sp³-hybridized carbons (Fsp3) is 1.00. The molecular formula is CHF3O3RuS. The van der Waals surface area contributed by atoms with Crippen LogP contribution in [0.5, 0.6) is 0 Å². The minimum atomic E-state index is -5.84. The molecule has 0 spiro atoms. The molecule has 58 valence electrons. The van der Waals surface area contributed by atoms with E-state index in [2.05, 4.69) is 0 Å². The SMILES string of the molecule is O=S(=O)(O)C(F)(F)F.[Ru]. The summed E-state index contributed by atoms with van der Waals surface area (Å²) < 4.78 is 57.5. The minimum absolute atomic E-state index is 0. The van der Waals surface area contributed by atoms with E-state index in [1.165, 1.54) is 0 Å². The maximum Gasteiger partial charge on any atom is 0.522 e. The summed E-state index contributed by atoms with van der Waals surface area (Å²) in [6.07, 6.45) is 0. The van der Waals surface area contributed by atoms with Gasteiger partial charge in [-0.15, -0.1) is 0 Å². The Balaban J connectivity index is 0. The van der Waals surface area contributed by atoms with E-state index < -0.39 is 15.6 Å². The maximum atomic E-state index is 10.7. The average molecular weight is 251 g/mol.